The van der Waals surface area contributed by atoms with E-state index in [9.17, 15) is 13.2 Å². The zero-order chi connectivity index (χ0) is 21.7. The average molecular weight is 420 g/mol. The summed E-state index contributed by atoms with van der Waals surface area (Å²) in [7, 11) is -3.67. The molecule has 0 atom stereocenters. The van der Waals surface area contributed by atoms with E-state index in [1.165, 1.54) is 0 Å². The summed E-state index contributed by atoms with van der Waals surface area (Å²) in [5.41, 5.74) is 3.58. The van der Waals surface area contributed by atoms with Crippen molar-refractivity contribution in [3.63, 3.8) is 0 Å². The van der Waals surface area contributed by atoms with E-state index in [0.717, 1.165) is 27.3 Å². The van der Waals surface area contributed by atoms with Gasteiger partial charge in [0, 0.05) is 0 Å². The zero-order valence-corrected chi connectivity index (χ0v) is 17.4. The van der Waals surface area contributed by atoms with Gasteiger partial charge in [-0.1, -0.05) is 42.5 Å². The van der Waals surface area contributed by atoms with Crippen molar-refractivity contribution in [3.05, 3.63) is 83.9 Å². The highest BCUT2D eigenvalue weighted by molar-refractivity contribution is 7.92. The predicted molar refractivity (Wildman–Crippen MR) is 116 cm³/mol. The van der Waals surface area contributed by atoms with Crippen LogP contribution in [0.1, 0.15) is 11.1 Å². The van der Waals surface area contributed by atoms with E-state index >= 15 is 0 Å². The highest BCUT2D eigenvalue weighted by Crippen LogP contribution is 2.24. The molecule has 152 valence electrons. The number of carbonyl (C=O) groups is 1. The Morgan fingerprint density at radius 1 is 0.967 bits per heavy atom. The number of benzene rings is 3. The first kappa shape index (κ1) is 21.1. The number of nitriles is 1. The Labute approximate surface area is 176 Å². The zero-order valence-electron chi connectivity index (χ0n) is 16.6. The predicted octanol–water partition coefficient (Wildman–Crippen LogP) is 3.91. The largest absolute Gasteiger partial charge is 0.425 e. The molecule has 0 N–H and O–H groups in total. The Bertz CT molecular complexity index is 1200. The summed E-state index contributed by atoms with van der Waals surface area (Å²) in [4.78, 5) is 12.4. The number of hydrogen-bond acceptors (Lipinski definition) is 5. The summed E-state index contributed by atoms with van der Waals surface area (Å²) in [5.74, 6) is -0.370. The molecule has 0 saturated heterocycles. The summed E-state index contributed by atoms with van der Waals surface area (Å²) < 4.78 is 30.8. The molecule has 6 nitrogen and oxygen atoms in total. The van der Waals surface area contributed by atoms with Crippen LogP contribution in [0.5, 0.6) is 5.75 Å². The van der Waals surface area contributed by atoms with Crippen molar-refractivity contribution in [1.82, 2.24) is 0 Å². The average Bonchev–Trinajstić information content (AvgIpc) is 2.72. The van der Waals surface area contributed by atoms with Gasteiger partial charge in [0.25, 0.3) is 0 Å². The number of aryl methyl sites for hydroxylation is 1. The quantitative estimate of drug-likeness (QED) is 0.446. The molecule has 0 aliphatic heterocycles. The Kier molecular flexibility index (Phi) is 6.19. The lowest BCUT2D eigenvalue weighted by Crippen LogP contribution is -2.37. The van der Waals surface area contributed by atoms with Gasteiger partial charge in [0.05, 0.1) is 23.6 Å². The smallest absolute Gasteiger partial charge is 0.332 e. The van der Waals surface area contributed by atoms with Crippen LogP contribution >= 0.6 is 0 Å². The molecular weight excluding hydrogens is 400 g/mol. The number of sulfonamides is 1. The standard InChI is InChI=1S/C23H20N2O4S/c1-17-5-3-4-6-22(17)25(30(2,27)28)16-23(26)29-21-13-11-20(12-14-21)19-9-7-18(15-24)8-10-19/h3-14H,16H2,1-2H3. The SMILES string of the molecule is Cc1ccccc1N(CC(=O)Oc1ccc(-c2ccc(C#N)cc2)cc1)S(C)(=O)=O. The molecule has 0 fully saturated rings. The van der Waals surface area contributed by atoms with Crippen LogP contribution in [-0.4, -0.2) is 27.2 Å². The third-order valence-corrected chi connectivity index (χ3v) is 5.62. The first-order valence-corrected chi connectivity index (χ1v) is 11.0. The van der Waals surface area contributed by atoms with Gasteiger partial charge in [0.2, 0.25) is 10.0 Å². The van der Waals surface area contributed by atoms with E-state index < -0.39 is 22.5 Å². The molecule has 0 aliphatic carbocycles. The Balaban J connectivity index is 1.73. The number of anilines is 1. The van der Waals surface area contributed by atoms with E-state index in [-0.39, 0.29) is 0 Å². The van der Waals surface area contributed by atoms with Gasteiger partial charge < -0.3 is 4.74 Å². The highest BCUT2D eigenvalue weighted by atomic mass is 32.2. The van der Waals surface area contributed by atoms with Gasteiger partial charge in [0.1, 0.15) is 12.3 Å². The van der Waals surface area contributed by atoms with Gasteiger partial charge >= 0.3 is 5.97 Å². The van der Waals surface area contributed by atoms with Crippen LogP contribution < -0.4 is 9.04 Å². The maximum Gasteiger partial charge on any atom is 0.332 e. The second-order valence-corrected chi connectivity index (χ2v) is 8.65. The highest BCUT2D eigenvalue weighted by Gasteiger charge is 2.23. The number of para-hydroxylation sites is 1. The molecular formula is C23H20N2O4S. The molecule has 0 bridgehead atoms. The van der Waals surface area contributed by atoms with Crippen LogP contribution in [-0.2, 0) is 14.8 Å². The third kappa shape index (κ3) is 5.04. The summed E-state index contributed by atoms with van der Waals surface area (Å²) >= 11 is 0. The second kappa shape index (κ2) is 8.80. The topological polar surface area (TPSA) is 87.5 Å². The Morgan fingerprint density at radius 2 is 1.53 bits per heavy atom. The molecule has 0 aromatic heterocycles. The number of esters is 1. The van der Waals surface area contributed by atoms with Crippen molar-refractivity contribution >= 4 is 21.7 Å². The van der Waals surface area contributed by atoms with Crippen molar-refractivity contribution in [3.8, 4) is 22.9 Å². The fraction of sp³-hybridized carbons (Fsp3) is 0.130. The lowest BCUT2D eigenvalue weighted by Gasteiger charge is -2.23. The molecule has 0 heterocycles. The maximum absolute atomic E-state index is 12.4. The lowest BCUT2D eigenvalue weighted by molar-refractivity contribution is -0.132. The van der Waals surface area contributed by atoms with E-state index in [1.54, 1.807) is 67.6 Å². The van der Waals surface area contributed by atoms with Crippen molar-refractivity contribution in [2.45, 2.75) is 6.92 Å². The third-order valence-electron chi connectivity index (χ3n) is 4.49. The Morgan fingerprint density at radius 3 is 2.07 bits per heavy atom. The number of carbonyl (C=O) groups excluding carboxylic acids is 1. The van der Waals surface area contributed by atoms with Crippen LogP contribution in [0.15, 0.2) is 72.8 Å². The fourth-order valence-electron chi connectivity index (χ4n) is 2.96. The minimum atomic E-state index is -3.67. The molecule has 30 heavy (non-hydrogen) atoms. The Hall–Kier alpha value is -3.63. The van der Waals surface area contributed by atoms with E-state index in [2.05, 4.69) is 6.07 Å². The van der Waals surface area contributed by atoms with E-state index in [4.69, 9.17) is 10.00 Å². The maximum atomic E-state index is 12.4. The van der Waals surface area contributed by atoms with Crippen LogP contribution in [0, 0.1) is 18.3 Å². The molecule has 3 aromatic rings. The monoisotopic (exact) mass is 420 g/mol. The number of rotatable bonds is 6. The molecule has 0 saturated carbocycles. The van der Waals surface area contributed by atoms with Gasteiger partial charge in [-0.2, -0.15) is 5.26 Å². The fourth-order valence-corrected chi connectivity index (χ4v) is 3.86. The van der Waals surface area contributed by atoms with Gasteiger partial charge in [-0.3, -0.25) is 4.31 Å². The molecule has 0 radical (unpaired) electrons. The molecule has 0 aliphatic rings. The molecule has 7 heteroatoms. The normalized spacial score (nSPS) is 10.8. The lowest BCUT2D eigenvalue weighted by atomic mass is 10.0. The van der Waals surface area contributed by atoms with Gasteiger partial charge in [-0.15, -0.1) is 0 Å². The van der Waals surface area contributed by atoms with Crippen LogP contribution in [0.4, 0.5) is 5.69 Å². The van der Waals surface area contributed by atoms with Gasteiger partial charge in [-0.25, -0.2) is 13.2 Å². The van der Waals surface area contributed by atoms with Gasteiger partial charge in [0.15, 0.2) is 0 Å². The summed E-state index contributed by atoms with van der Waals surface area (Å²) in [5, 5.41) is 8.88. The number of hydrogen-bond donors (Lipinski definition) is 0. The molecule has 0 unspecified atom stereocenters. The van der Waals surface area contributed by atoms with Gasteiger partial charge in [-0.05, 0) is 53.9 Å². The molecule has 0 amide bonds. The number of ether oxygens (including phenoxy) is 1. The van der Waals surface area contributed by atoms with Crippen LogP contribution in [0.2, 0.25) is 0 Å². The van der Waals surface area contributed by atoms with E-state index in [1.807, 2.05) is 12.1 Å². The minimum Gasteiger partial charge on any atom is -0.425 e. The van der Waals surface area contributed by atoms with Crippen molar-refractivity contribution in [2.24, 2.45) is 0 Å². The second-order valence-electron chi connectivity index (χ2n) is 6.74. The van der Waals surface area contributed by atoms with Crippen molar-refractivity contribution < 1.29 is 17.9 Å². The molecule has 0 spiro atoms. The van der Waals surface area contributed by atoms with Crippen molar-refractivity contribution in [2.75, 3.05) is 17.1 Å². The number of nitrogens with zero attached hydrogens (tertiary/aromatic N) is 2. The summed E-state index contributed by atoms with van der Waals surface area (Å²) in [6, 6.07) is 23.0. The van der Waals surface area contributed by atoms with Crippen LogP contribution in [0.25, 0.3) is 11.1 Å². The summed E-state index contributed by atoms with van der Waals surface area (Å²) in [6.07, 6.45) is 1.05. The van der Waals surface area contributed by atoms with Crippen molar-refractivity contribution in [1.29, 1.82) is 5.26 Å². The van der Waals surface area contributed by atoms with Crippen LogP contribution in [0.3, 0.4) is 0 Å². The first-order chi connectivity index (χ1) is 14.3. The molecule has 3 rings (SSSR count). The van der Waals surface area contributed by atoms with E-state index in [0.29, 0.717) is 17.0 Å². The molecule has 3 aromatic carbocycles. The minimum absolute atomic E-state index is 0.315. The first-order valence-electron chi connectivity index (χ1n) is 9.12. The summed E-state index contributed by atoms with van der Waals surface area (Å²) in [6.45, 7) is 1.35.